The zero-order valence-electron chi connectivity index (χ0n) is 21.3. The highest BCUT2D eigenvalue weighted by Crippen LogP contribution is 2.48. The number of fused-ring (bicyclic) bond motifs is 2. The second-order valence-electron chi connectivity index (χ2n) is 10.4. The molecule has 2 saturated carbocycles. The van der Waals surface area contributed by atoms with Crippen molar-refractivity contribution in [2.45, 2.75) is 50.8 Å². The van der Waals surface area contributed by atoms with Gasteiger partial charge in [0.2, 0.25) is 5.91 Å². The van der Waals surface area contributed by atoms with Crippen molar-refractivity contribution in [3.63, 3.8) is 0 Å². The molecule has 1 unspecified atom stereocenters. The molecule has 9 nitrogen and oxygen atoms in total. The summed E-state index contributed by atoms with van der Waals surface area (Å²) in [5.74, 6) is -1.06. The minimum Gasteiger partial charge on any atom is -0.436 e. The van der Waals surface area contributed by atoms with Crippen molar-refractivity contribution in [2.75, 3.05) is 20.1 Å². The summed E-state index contributed by atoms with van der Waals surface area (Å²) in [6, 6.07) is 3.55. The summed E-state index contributed by atoms with van der Waals surface area (Å²) in [6.45, 7) is 2.16. The lowest BCUT2D eigenvalue weighted by molar-refractivity contribution is -0.135. The summed E-state index contributed by atoms with van der Waals surface area (Å²) in [5.41, 5.74) is 0.525. The van der Waals surface area contributed by atoms with Gasteiger partial charge in [0.05, 0.1) is 12.2 Å². The van der Waals surface area contributed by atoms with Crippen LogP contribution in [-0.2, 0) is 20.9 Å². The highest BCUT2D eigenvalue weighted by Gasteiger charge is 2.56. The first kappa shape index (κ1) is 26.2. The van der Waals surface area contributed by atoms with Crippen LogP contribution in [0.1, 0.15) is 38.2 Å². The van der Waals surface area contributed by atoms with Crippen LogP contribution in [0.15, 0.2) is 41.6 Å². The van der Waals surface area contributed by atoms with Crippen molar-refractivity contribution in [3.05, 3.63) is 58.0 Å². The van der Waals surface area contributed by atoms with Crippen LogP contribution in [0.25, 0.3) is 0 Å². The first-order valence-electron chi connectivity index (χ1n) is 12.8. The van der Waals surface area contributed by atoms with Gasteiger partial charge in [-0.05, 0) is 67.9 Å². The highest BCUT2D eigenvalue weighted by atomic mass is 35.5. The average molecular weight is 545 g/mol. The van der Waals surface area contributed by atoms with Gasteiger partial charge in [-0.1, -0.05) is 23.7 Å². The molecule has 1 heterocycles. The number of carbonyl (C=O) groups is 4. The molecule has 0 bridgehead atoms. The summed E-state index contributed by atoms with van der Waals surface area (Å²) in [6.07, 6.45) is 5.62. The second kappa shape index (κ2) is 10.1. The molecule has 3 fully saturated rings. The molecular formula is C27H30ClFN4O5. The Bertz CT molecular complexity index is 1260. The van der Waals surface area contributed by atoms with Gasteiger partial charge in [-0.3, -0.25) is 14.5 Å². The van der Waals surface area contributed by atoms with E-state index in [1.54, 1.807) is 17.0 Å². The molecule has 1 aromatic rings. The van der Waals surface area contributed by atoms with Crippen molar-refractivity contribution in [1.29, 1.82) is 0 Å². The predicted molar refractivity (Wildman–Crippen MR) is 136 cm³/mol. The van der Waals surface area contributed by atoms with Crippen LogP contribution in [0.2, 0.25) is 5.02 Å². The Morgan fingerprint density at radius 2 is 2.03 bits per heavy atom. The van der Waals surface area contributed by atoms with Crippen LogP contribution < -0.4 is 10.6 Å². The molecule has 38 heavy (non-hydrogen) atoms. The van der Waals surface area contributed by atoms with E-state index in [1.165, 1.54) is 30.2 Å². The number of benzene rings is 1. The van der Waals surface area contributed by atoms with Gasteiger partial charge in [0.1, 0.15) is 12.4 Å². The van der Waals surface area contributed by atoms with Gasteiger partial charge in [-0.25, -0.2) is 14.0 Å². The maximum atomic E-state index is 13.6. The SMILES string of the molecule is CNC(=O)NC1=CC=C2C(CC[C@]23CN(CC(=O)N(Cc2ccc(F)cc2Cl)[C@@H](C)C2CC2)C(=O)O3)C1=O. The number of amides is 4. The number of nitrogens with zero attached hydrogens (tertiary/aromatic N) is 2. The molecule has 2 N–H and O–H groups in total. The van der Waals surface area contributed by atoms with Crippen LogP contribution in [0.5, 0.6) is 0 Å². The van der Waals surface area contributed by atoms with E-state index in [2.05, 4.69) is 10.6 Å². The molecule has 3 aliphatic carbocycles. The number of Topliss-reactive ketones (excluding diaryl/α,β-unsaturated/α-hetero) is 1. The largest absolute Gasteiger partial charge is 0.436 e. The van der Waals surface area contributed by atoms with E-state index in [0.29, 0.717) is 29.9 Å². The van der Waals surface area contributed by atoms with Crippen LogP contribution in [0.3, 0.4) is 0 Å². The molecule has 202 valence electrons. The molecule has 0 aromatic heterocycles. The number of hydrogen-bond acceptors (Lipinski definition) is 5. The van der Waals surface area contributed by atoms with Gasteiger partial charge in [-0.15, -0.1) is 0 Å². The van der Waals surface area contributed by atoms with E-state index in [1.807, 2.05) is 6.92 Å². The number of hydrogen-bond donors (Lipinski definition) is 2. The number of nitrogens with one attached hydrogen (secondary N) is 2. The topological polar surface area (TPSA) is 108 Å². The third-order valence-electron chi connectivity index (χ3n) is 8.01. The molecule has 1 spiro atoms. The fourth-order valence-electron chi connectivity index (χ4n) is 5.68. The third kappa shape index (κ3) is 4.89. The fraction of sp³-hybridized carbons (Fsp3) is 0.481. The first-order valence-corrected chi connectivity index (χ1v) is 13.2. The minimum atomic E-state index is -0.986. The zero-order valence-corrected chi connectivity index (χ0v) is 22.0. The van der Waals surface area contributed by atoms with Gasteiger partial charge in [0.15, 0.2) is 11.4 Å². The molecule has 1 aromatic carbocycles. The Morgan fingerprint density at radius 1 is 1.26 bits per heavy atom. The number of urea groups is 1. The van der Waals surface area contributed by atoms with Crippen molar-refractivity contribution >= 4 is 35.4 Å². The fourth-order valence-corrected chi connectivity index (χ4v) is 5.91. The summed E-state index contributed by atoms with van der Waals surface area (Å²) in [5, 5.41) is 5.20. The smallest absolute Gasteiger partial charge is 0.411 e. The Morgan fingerprint density at radius 3 is 2.71 bits per heavy atom. The van der Waals surface area contributed by atoms with Crippen LogP contribution in [0, 0.1) is 17.7 Å². The van der Waals surface area contributed by atoms with Crippen LogP contribution in [0.4, 0.5) is 14.0 Å². The third-order valence-corrected chi connectivity index (χ3v) is 8.36. The van der Waals surface area contributed by atoms with Gasteiger partial charge < -0.3 is 20.3 Å². The molecule has 0 radical (unpaired) electrons. The van der Waals surface area contributed by atoms with Crippen LogP contribution >= 0.6 is 11.6 Å². The monoisotopic (exact) mass is 544 g/mol. The van der Waals surface area contributed by atoms with E-state index in [4.69, 9.17) is 16.3 Å². The van der Waals surface area contributed by atoms with E-state index in [-0.39, 0.29) is 48.1 Å². The Hall–Kier alpha value is -3.40. The summed E-state index contributed by atoms with van der Waals surface area (Å²) < 4.78 is 19.4. The summed E-state index contributed by atoms with van der Waals surface area (Å²) >= 11 is 6.25. The van der Waals surface area contributed by atoms with Crippen molar-refractivity contribution in [2.24, 2.45) is 11.8 Å². The van der Waals surface area contributed by atoms with E-state index in [9.17, 15) is 23.6 Å². The quantitative estimate of drug-likeness (QED) is 0.546. The molecule has 5 rings (SSSR count). The molecule has 11 heteroatoms. The predicted octanol–water partition coefficient (Wildman–Crippen LogP) is 3.53. The van der Waals surface area contributed by atoms with Gasteiger partial charge >= 0.3 is 12.1 Å². The lowest BCUT2D eigenvalue weighted by atomic mass is 9.85. The van der Waals surface area contributed by atoms with Gasteiger partial charge in [-0.2, -0.15) is 0 Å². The number of carbonyl (C=O) groups excluding carboxylic acids is 4. The van der Waals surface area contributed by atoms with Crippen LogP contribution in [-0.4, -0.2) is 65.4 Å². The first-order chi connectivity index (χ1) is 18.1. The number of ether oxygens (including phenoxy) is 1. The number of halogens is 2. The molecule has 4 amide bonds. The number of allylic oxidation sites excluding steroid dienone is 3. The second-order valence-corrected chi connectivity index (χ2v) is 10.8. The Balaban J connectivity index is 1.32. The van der Waals surface area contributed by atoms with E-state index in [0.717, 1.165) is 12.8 Å². The molecule has 4 aliphatic rings. The lowest BCUT2D eigenvalue weighted by Crippen LogP contribution is -2.46. The number of rotatable bonds is 7. The highest BCUT2D eigenvalue weighted by molar-refractivity contribution is 6.31. The number of ketones is 1. The van der Waals surface area contributed by atoms with Crippen molar-refractivity contribution < 1.29 is 28.3 Å². The average Bonchev–Trinajstić information content (AvgIpc) is 3.61. The van der Waals surface area contributed by atoms with Crippen molar-refractivity contribution in [3.8, 4) is 0 Å². The minimum absolute atomic E-state index is 0.0675. The molecule has 3 atom stereocenters. The molecule has 1 aliphatic heterocycles. The van der Waals surface area contributed by atoms with Crippen molar-refractivity contribution in [1.82, 2.24) is 20.4 Å². The maximum Gasteiger partial charge on any atom is 0.411 e. The maximum absolute atomic E-state index is 13.6. The molecule has 1 saturated heterocycles. The summed E-state index contributed by atoms with van der Waals surface area (Å²) in [4.78, 5) is 54.3. The van der Waals surface area contributed by atoms with E-state index >= 15 is 0 Å². The Labute approximate surface area is 225 Å². The zero-order chi connectivity index (χ0) is 27.2. The normalized spacial score (nSPS) is 24.9. The van der Waals surface area contributed by atoms with Gasteiger partial charge in [0.25, 0.3) is 0 Å². The Kier molecular flexibility index (Phi) is 6.94. The summed E-state index contributed by atoms with van der Waals surface area (Å²) in [7, 11) is 1.46. The lowest BCUT2D eigenvalue weighted by Gasteiger charge is -2.31. The van der Waals surface area contributed by atoms with E-state index < -0.39 is 29.5 Å². The molecular weight excluding hydrogens is 515 g/mol. The van der Waals surface area contributed by atoms with Gasteiger partial charge in [0, 0.05) is 30.6 Å². The standard InChI is InChI=1S/C27H30ClFN4O5/c1-15(16-3-4-16)33(12-17-5-6-18(29)11-21(17)28)23(34)13-32-14-27(38-26(32)37)10-9-19-20(27)7-8-22(24(19)35)31-25(36)30-2/h5-8,11,15-16,19H,3-4,9-10,12-14H2,1-2H3,(H2,30,31,36)/t15-,19?,27-/m0/s1.